The minimum Gasteiger partial charge on any atom is -0.469 e. The van der Waals surface area contributed by atoms with Gasteiger partial charge in [-0.3, -0.25) is 11.3 Å². The van der Waals surface area contributed by atoms with Crippen LogP contribution in [0, 0.1) is 18.6 Å². The average Bonchev–Trinajstić information content (AvgIpc) is 2.84. The molecular weight excluding hydrogens is 238 g/mol. The van der Waals surface area contributed by atoms with Crippen molar-refractivity contribution in [3.05, 3.63) is 59.1 Å². The predicted octanol–water partition coefficient (Wildman–Crippen LogP) is 2.61. The zero-order valence-corrected chi connectivity index (χ0v) is 9.91. The lowest BCUT2D eigenvalue weighted by Crippen LogP contribution is -2.30. The minimum atomic E-state index is -0.618. The Bertz CT molecular complexity index is 526. The van der Waals surface area contributed by atoms with E-state index in [9.17, 15) is 8.78 Å². The molecule has 0 aliphatic rings. The van der Waals surface area contributed by atoms with Crippen LogP contribution in [0.3, 0.4) is 0 Å². The van der Waals surface area contributed by atoms with Gasteiger partial charge in [-0.05, 0) is 30.7 Å². The van der Waals surface area contributed by atoms with E-state index in [1.807, 2.05) is 0 Å². The molecule has 1 unspecified atom stereocenters. The molecule has 0 fully saturated rings. The zero-order valence-electron chi connectivity index (χ0n) is 9.91. The van der Waals surface area contributed by atoms with E-state index in [1.54, 1.807) is 19.1 Å². The van der Waals surface area contributed by atoms with Gasteiger partial charge in [0.1, 0.15) is 17.4 Å². The summed E-state index contributed by atoms with van der Waals surface area (Å²) in [6, 6.07) is 5.39. The SMILES string of the molecule is Cc1cc(C(Cc2ccco2)NN)c(F)cc1F. The quantitative estimate of drug-likeness (QED) is 0.649. The molecule has 1 heterocycles. The Labute approximate surface area is 104 Å². The molecule has 3 nitrogen and oxygen atoms in total. The highest BCUT2D eigenvalue weighted by Gasteiger charge is 2.18. The van der Waals surface area contributed by atoms with Crippen LogP contribution >= 0.6 is 0 Å². The summed E-state index contributed by atoms with van der Waals surface area (Å²) in [5, 5.41) is 0. The highest BCUT2D eigenvalue weighted by atomic mass is 19.1. The van der Waals surface area contributed by atoms with Crippen molar-refractivity contribution in [1.82, 2.24) is 5.43 Å². The van der Waals surface area contributed by atoms with Crippen molar-refractivity contribution < 1.29 is 13.2 Å². The van der Waals surface area contributed by atoms with Crippen molar-refractivity contribution in [2.24, 2.45) is 5.84 Å². The van der Waals surface area contributed by atoms with Crippen LogP contribution < -0.4 is 11.3 Å². The lowest BCUT2D eigenvalue weighted by atomic mass is 10.00. The molecule has 96 valence electrons. The summed E-state index contributed by atoms with van der Waals surface area (Å²) in [4.78, 5) is 0. The van der Waals surface area contributed by atoms with Gasteiger partial charge in [0.25, 0.3) is 0 Å². The third-order valence-electron chi connectivity index (χ3n) is 2.84. The number of hydrogen-bond acceptors (Lipinski definition) is 3. The van der Waals surface area contributed by atoms with Gasteiger partial charge in [-0.2, -0.15) is 0 Å². The number of furan rings is 1. The van der Waals surface area contributed by atoms with E-state index in [-0.39, 0.29) is 0 Å². The fourth-order valence-electron chi connectivity index (χ4n) is 1.84. The molecule has 0 bridgehead atoms. The number of aryl methyl sites for hydroxylation is 1. The largest absolute Gasteiger partial charge is 0.469 e. The number of nitrogens with two attached hydrogens (primary N) is 1. The van der Waals surface area contributed by atoms with E-state index in [2.05, 4.69) is 5.43 Å². The average molecular weight is 252 g/mol. The normalized spacial score (nSPS) is 12.7. The van der Waals surface area contributed by atoms with Crippen molar-refractivity contribution in [2.75, 3.05) is 0 Å². The summed E-state index contributed by atoms with van der Waals surface area (Å²) in [6.45, 7) is 1.58. The lowest BCUT2D eigenvalue weighted by Gasteiger charge is -2.16. The van der Waals surface area contributed by atoms with Gasteiger partial charge in [0, 0.05) is 18.1 Å². The molecule has 3 N–H and O–H groups in total. The Morgan fingerprint density at radius 3 is 2.72 bits per heavy atom. The van der Waals surface area contributed by atoms with Crippen molar-refractivity contribution in [3.63, 3.8) is 0 Å². The Morgan fingerprint density at radius 1 is 1.33 bits per heavy atom. The molecule has 2 rings (SSSR count). The Kier molecular flexibility index (Phi) is 3.74. The van der Waals surface area contributed by atoms with Crippen LogP contribution in [0.4, 0.5) is 8.78 Å². The van der Waals surface area contributed by atoms with Gasteiger partial charge in [-0.25, -0.2) is 8.78 Å². The summed E-state index contributed by atoms with van der Waals surface area (Å²) in [6.07, 6.45) is 1.93. The van der Waals surface area contributed by atoms with Gasteiger partial charge < -0.3 is 4.42 Å². The molecule has 1 atom stereocenters. The van der Waals surface area contributed by atoms with Gasteiger partial charge in [-0.1, -0.05) is 0 Å². The summed E-state index contributed by atoms with van der Waals surface area (Å²) in [5.41, 5.74) is 3.23. The van der Waals surface area contributed by atoms with Crippen molar-refractivity contribution in [2.45, 2.75) is 19.4 Å². The van der Waals surface area contributed by atoms with E-state index in [0.29, 0.717) is 23.3 Å². The third kappa shape index (κ3) is 2.57. The lowest BCUT2D eigenvalue weighted by molar-refractivity contribution is 0.441. The zero-order chi connectivity index (χ0) is 13.1. The molecule has 0 spiro atoms. The minimum absolute atomic E-state index is 0.327. The van der Waals surface area contributed by atoms with Gasteiger partial charge in [0.2, 0.25) is 0 Å². The Morgan fingerprint density at radius 2 is 2.11 bits per heavy atom. The van der Waals surface area contributed by atoms with E-state index >= 15 is 0 Å². The third-order valence-corrected chi connectivity index (χ3v) is 2.84. The highest BCUT2D eigenvalue weighted by Crippen LogP contribution is 2.23. The van der Waals surface area contributed by atoms with Crippen LogP contribution in [0.5, 0.6) is 0 Å². The molecule has 0 aliphatic carbocycles. The number of nitrogens with one attached hydrogen (secondary N) is 1. The van der Waals surface area contributed by atoms with Crippen LogP contribution in [0.2, 0.25) is 0 Å². The van der Waals surface area contributed by atoms with Crippen LogP contribution in [0.1, 0.15) is 22.9 Å². The Balaban J connectivity index is 2.30. The number of halogens is 2. The maximum Gasteiger partial charge on any atom is 0.130 e. The van der Waals surface area contributed by atoms with E-state index in [0.717, 1.165) is 6.07 Å². The molecule has 5 heteroatoms. The second-order valence-corrected chi connectivity index (χ2v) is 4.13. The smallest absolute Gasteiger partial charge is 0.130 e. The monoisotopic (exact) mass is 252 g/mol. The first-order chi connectivity index (χ1) is 8.61. The molecule has 1 aromatic carbocycles. The first-order valence-corrected chi connectivity index (χ1v) is 5.56. The summed E-state index contributed by atoms with van der Waals surface area (Å²) >= 11 is 0. The van der Waals surface area contributed by atoms with E-state index in [1.165, 1.54) is 12.3 Å². The van der Waals surface area contributed by atoms with Crippen LogP contribution in [-0.4, -0.2) is 0 Å². The molecule has 0 radical (unpaired) electrons. The van der Waals surface area contributed by atoms with Crippen LogP contribution in [0.15, 0.2) is 34.9 Å². The maximum atomic E-state index is 13.7. The predicted molar refractivity (Wildman–Crippen MR) is 63.6 cm³/mol. The molecule has 18 heavy (non-hydrogen) atoms. The fraction of sp³-hybridized carbons (Fsp3) is 0.231. The molecule has 0 amide bonds. The molecule has 1 aromatic heterocycles. The van der Waals surface area contributed by atoms with Gasteiger partial charge in [0.15, 0.2) is 0 Å². The summed E-state index contributed by atoms with van der Waals surface area (Å²) < 4.78 is 32.1. The summed E-state index contributed by atoms with van der Waals surface area (Å²) in [5.74, 6) is 4.92. The summed E-state index contributed by atoms with van der Waals surface area (Å²) in [7, 11) is 0. The fourth-order valence-corrected chi connectivity index (χ4v) is 1.84. The first kappa shape index (κ1) is 12.7. The number of hydrazine groups is 1. The molecular formula is C13H14F2N2O. The second-order valence-electron chi connectivity index (χ2n) is 4.13. The second kappa shape index (κ2) is 5.29. The van der Waals surface area contributed by atoms with Crippen molar-refractivity contribution in [3.8, 4) is 0 Å². The van der Waals surface area contributed by atoms with Gasteiger partial charge in [0.05, 0.1) is 12.3 Å². The first-order valence-electron chi connectivity index (χ1n) is 5.56. The van der Waals surface area contributed by atoms with Crippen LogP contribution in [-0.2, 0) is 6.42 Å². The number of benzene rings is 1. The van der Waals surface area contributed by atoms with Crippen molar-refractivity contribution >= 4 is 0 Å². The van der Waals surface area contributed by atoms with E-state index < -0.39 is 17.7 Å². The van der Waals surface area contributed by atoms with Gasteiger partial charge in [-0.15, -0.1) is 0 Å². The number of hydrogen-bond donors (Lipinski definition) is 2. The molecule has 0 saturated heterocycles. The standard InChI is InChI=1S/C13H14F2N2O/c1-8-5-10(12(15)7-11(8)14)13(17-16)6-9-3-2-4-18-9/h2-5,7,13,17H,6,16H2,1H3. The topological polar surface area (TPSA) is 51.2 Å². The highest BCUT2D eigenvalue weighted by molar-refractivity contribution is 5.29. The van der Waals surface area contributed by atoms with Crippen LogP contribution in [0.25, 0.3) is 0 Å². The van der Waals surface area contributed by atoms with E-state index in [4.69, 9.17) is 10.3 Å². The molecule has 0 aliphatic heterocycles. The number of rotatable bonds is 4. The molecule has 2 aromatic rings. The van der Waals surface area contributed by atoms with Gasteiger partial charge >= 0.3 is 0 Å². The van der Waals surface area contributed by atoms with Crippen molar-refractivity contribution in [1.29, 1.82) is 0 Å². The Hall–Kier alpha value is -1.72. The maximum absolute atomic E-state index is 13.7. The molecule has 0 saturated carbocycles.